The number of nitrogens with one attached hydrogen (secondary N) is 1. The molecule has 1 heterocycles. The van der Waals surface area contributed by atoms with Crippen molar-refractivity contribution in [2.45, 2.75) is 39.3 Å². The summed E-state index contributed by atoms with van der Waals surface area (Å²) in [5.74, 6) is -0.202. The van der Waals surface area contributed by atoms with Gasteiger partial charge in [0.1, 0.15) is 5.69 Å². The monoisotopic (exact) mass is 258 g/mol. The first-order valence-corrected chi connectivity index (χ1v) is 6.16. The molecular formula is C12H19ClN2O2. The molecule has 0 bridgehead atoms. The van der Waals surface area contributed by atoms with Gasteiger partial charge in [-0.15, -0.1) is 0 Å². The Balaban J connectivity index is 2.88. The second kappa shape index (κ2) is 6.07. The van der Waals surface area contributed by atoms with E-state index < -0.39 is 0 Å². The van der Waals surface area contributed by atoms with Gasteiger partial charge in [0.2, 0.25) is 0 Å². The Morgan fingerprint density at radius 3 is 2.71 bits per heavy atom. The predicted octanol–water partition coefficient (Wildman–Crippen LogP) is 2.22. The summed E-state index contributed by atoms with van der Waals surface area (Å²) in [6.45, 7) is 5.82. The maximum absolute atomic E-state index is 12.0. The molecule has 1 amide bonds. The number of carbonyl (C=O) groups is 1. The van der Waals surface area contributed by atoms with Gasteiger partial charge in [0.25, 0.3) is 5.91 Å². The average molecular weight is 259 g/mol. The number of halogens is 1. The largest absolute Gasteiger partial charge is 0.394 e. The molecule has 0 saturated carbocycles. The minimum atomic E-state index is -0.211. The van der Waals surface area contributed by atoms with E-state index >= 15 is 0 Å². The zero-order valence-electron chi connectivity index (χ0n) is 10.4. The lowest BCUT2D eigenvalue weighted by molar-refractivity contribution is 0.0904. The second-order valence-corrected chi connectivity index (χ2v) is 4.74. The molecule has 0 aliphatic carbocycles. The van der Waals surface area contributed by atoms with E-state index in [4.69, 9.17) is 16.7 Å². The molecule has 1 aromatic rings. The standard InChI is InChI=1S/C12H19ClN2O2/c1-4-10(7-16)14-12(17)11-5-9(13)6-15(11)8(2)3/h5-6,8,10,16H,4,7H2,1-3H3,(H,14,17)/t10-/m0/s1. The van der Waals surface area contributed by atoms with E-state index in [1.807, 2.05) is 25.3 Å². The van der Waals surface area contributed by atoms with E-state index in [9.17, 15) is 4.79 Å². The van der Waals surface area contributed by atoms with E-state index in [0.29, 0.717) is 17.1 Å². The van der Waals surface area contributed by atoms with Crippen LogP contribution in [0.15, 0.2) is 12.3 Å². The lowest BCUT2D eigenvalue weighted by atomic mass is 10.2. The third-order valence-electron chi connectivity index (χ3n) is 2.65. The maximum Gasteiger partial charge on any atom is 0.268 e. The summed E-state index contributed by atoms with van der Waals surface area (Å²) in [4.78, 5) is 12.0. The fraction of sp³-hybridized carbons (Fsp3) is 0.583. The van der Waals surface area contributed by atoms with E-state index in [1.165, 1.54) is 0 Å². The first-order valence-electron chi connectivity index (χ1n) is 5.78. The third-order valence-corrected chi connectivity index (χ3v) is 2.86. The SMILES string of the molecule is CC[C@@H](CO)NC(=O)c1cc(Cl)cn1C(C)C. The Kier molecular flexibility index (Phi) is 5.02. The maximum atomic E-state index is 12.0. The summed E-state index contributed by atoms with van der Waals surface area (Å²) in [7, 11) is 0. The molecule has 0 aromatic carbocycles. The van der Waals surface area contributed by atoms with Crippen molar-refractivity contribution in [3.63, 3.8) is 0 Å². The van der Waals surface area contributed by atoms with Crippen LogP contribution >= 0.6 is 11.6 Å². The van der Waals surface area contributed by atoms with Gasteiger partial charge in [-0.3, -0.25) is 4.79 Å². The molecule has 5 heteroatoms. The zero-order valence-corrected chi connectivity index (χ0v) is 11.2. The van der Waals surface area contributed by atoms with Gasteiger partial charge < -0.3 is 15.0 Å². The summed E-state index contributed by atoms with van der Waals surface area (Å²) in [6, 6.07) is 1.59. The number of carbonyl (C=O) groups excluding carboxylic acids is 1. The van der Waals surface area contributed by atoms with Gasteiger partial charge in [-0.1, -0.05) is 18.5 Å². The molecule has 1 aromatic heterocycles. The Hall–Kier alpha value is -1.00. The van der Waals surface area contributed by atoms with Crippen molar-refractivity contribution in [3.05, 3.63) is 23.0 Å². The number of nitrogens with zero attached hydrogens (tertiary/aromatic N) is 1. The highest BCUT2D eigenvalue weighted by Crippen LogP contribution is 2.18. The highest BCUT2D eigenvalue weighted by Gasteiger charge is 2.17. The second-order valence-electron chi connectivity index (χ2n) is 4.31. The van der Waals surface area contributed by atoms with Crippen molar-refractivity contribution in [3.8, 4) is 0 Å². The number of aliphatic hydroxyl groups is 1. The third kappa shape index (κ3) is 3.48. The molecular weight excluding hydrogens is 240 g/mol. The summed E-state index contributed by atoms with van der Waals surface area (Å²) >= 11 is 5.91. The highest BCUT2D eigenvalue weighted by atomic mass is 35.5. The number of rotatable bonds is 5. The van der Waals surface area contributed by atoms with Crippen LogP contribution in [-0.4, -0.2) is 28.2 Å². The topological polar surface area (TPSA) is 54.3 Å². The molecule has 17 heavy (non-hydrogen) atoms. The van der Waals surface area contributed by atoms with Crippen molar-refractivity contribution in [1.82, 2.24) is 9.88 Å². The van der Waals surface area contributed by atoms with E-state index in [2.05, 4.69) is 5.32 Å². The molecule has 96 valence electrons. The molecule has 0 radical (unpaired) electrons. The van der Waals surface area contributed by atoms with Crippen LogP contribution in [0.3, 0.4) is 0 Å². The number of hydrogen-bond donors (Lipinski definition) is 2. The fourth-order valence-electron chi connectivity index (χ4n) is 1.59. The van der Waals surface area contributed by atoms with E-state index in [1.54, 1.807) is 12.3 Å². The number of hydrogen-bond acceptors (Lipinski definition) is 2. The van der Waals surface area contributed by atoms with Gasteiger partial charge in [-0.05, 0) is 26.3 Å². The molecule has 0 aliphatic rings. The van der Waals surface area contributed by atoms with Crippen molar-refractivity contribution in [2.24, 2.45) is 0 Å². The molecule has 0 fully saturated rings. The molecule has 4 nitrogen and oxygen atoms in total. The van der Waals surface area contributed by atoms with Gasteiger partial charge >= 0.3 is 0 Å². The van der Waals surface area contributed by atoms with Gasteiger partial charge in [0.05, 0.1) is 17.7 Å². The minimum Gasteiger partial charge on any atom is -0.394 e. The molecule has 0 unspecified atom stereocenters. The lowest BCUT2D eigenvalue weighted by Gasteiger charge is -2.16. The van der Waals surface area contributed by atoms with Crippen LogP contribution in [0.5, 0.6) is 0 Å². The van der Waals surface area contributed by atoms with Crippen LogP contribution in [0.2, 0.25) is 5.02 Å². The Labute approximate surface area is 107 Å². The van der Waals surface area contributed by atoms with E-state index in [0.717, 1.165) is 0 Å². The minimum absolute atomic E-state index is 0.0572. The normalized spacial score (nSPS) is 12.8. The molecule has 0 saturated heterocycles. The summed E-state index contributed by atoms with van der Waals surface area (Å²) < 4.78 is 1.82. The Morgan fingerprint density at radius 1 is 1.59 bits per heavy atom. The number of aromatic nitrogens is 1. The van der Waals surface area contributed by atoms with Crippen molar-refractivity contribution in [1.29, 1.82) is 0 Å². The highest BCUT2D eigenvalue weighted by molar-refractivity contribution is 6.31. The van der Waals surface area contributed by atoms with Crippen LogP contribution in [0.4, 0.5) is 0 Å². The van der Waals surface area contributed by atoms with Crippen LogP contribution < -0.4 is 5.32 Å². The molecule has 0 aliphatic heterocycles. The van der Waals surface area contributed by atoms with Crippen LogP contribution in [0.25, 0.3) is 0 Å². The van der Waals surface area contributed by atoms with Crippen LogP contribution in [0.1, 0.15) is 43.7 Å². The van der Waals surface area contributed by atoms with Gasteiger partial charge in [-0.25, -0.2) is 0 Å². The smallest absolute Gasteiger partial charge is 0.268 e. The van der Waals surface area contributed by atoms with Gasteiger partial charge in [0, 0.05) is 12.2 Å². The number of aliphatic hydroxyl groups excluding tert-OH is 1. The van der Waals surface area contributed by atoms with Crippen molar-refractivity contribution >= 4 is 17.5 Å². The predicted molar refractivity (Wildman–Crippen MR) is 68.5 cm³/mol. The number of amides is 1. The summed E-state index contributed by atoms with van der Waals surface area (Å²) in [6.07, 6.45) is 2.43. The van der Waals surface area contributed by atoms with Gasteiger partial charge in [-0.2, -0.15) is 0 Å². The van der Waals surface area contributed by atoms with Crippen molar-refractivity contribution < 1.29 is 9.90 Å². The van der Waals surface area contributed by atoms with Crippen LogP contribution in [0, 0.1) is 0 Å². The quantitative estimate of drug-likeness (QED) is 0.851. The summed E-state index contributed by atoms with van der Waals surface area (Å²) in [5.41, 5.74) is 0.525. The molecule has 1 atom stereocenters. The van der Waals surface area contributed by atoms with E-state index in [-0.39, 0.29) is 24.6 Å². The Morgan fingerprint density at radius 2 is 2.24 bits per heavy atom. The van der Waals surface area contributed by atoms with Crippen molar-refractivity contribution in [2.75, 3.05) is 6.61 Å². The lowest BCUT2D eigenvalue weighted by Crippen LogP contribution is -2.38. The first kappa shape index (κ1) is 14.1. The first-order chi connectivity index (χ1) is 7.99. The van der Waals surface area contributed by atoms with Crippen LogP contribution in [-0.2, 0) is 0 Å². The summed E-state index contributed by atoms with van der Waals surface area (Å²) in [5, 5.41) is 12.4. The Bertz CT molecular complexity index is 384. The molecule has 1 rings (SSSR count). The molecule has 0 spiro atoms. The zero-order chi connectivity index (χ0) is 13.0. The average Bonchev–Trinajstić information content (AvgIpc) is 2.68. The van der Waals surface area contributed by atoms with Gasteiger partial charge in [0.15, 0.2) is 0 Å². The fourth-order valence-corrected chi connectivity index (χ4v) is 1.80. The molecule has 2 N–H and O–H groups in total.